The van der Waals surface area contributed by atoms with Gasteiger partial charge in [-0.3, -0.25) is 4.79 Å². The second-order valence-corrected chi connectivity index (χ2v) is 5.20. The van der Waals surface area contributed by atoms with Gasteiger partial charge < -0.3 is 10.1 Å². The van der Waals surface area contributed by atoms with Gasteiger partial charge in [-0.2, -0.15) is 5.10 Å². The number of rotatable bonds is 6. The summed E-state index contributed by atoms with van der Waals surface area (Å²) in [7, 11) is 0. The summed E-state index contributed by atoms with van der Waals surface area (Å²) in [6, 6.07) is 14.7. The van der Waals surface area contributed by atoms with Gasteiger partial charge in [-0.1, -0.05) is 12.1 Å². The summed E-state index contributed by atoms with van der Waals surface area (Å²) in [5.41, 5.74) is 2.42. The van der Waals surface area contributed by atoms with E-state index < -0.39 is 0 Å². The molecule has 0 radical (unpaired) electrons. The fourth-order valence-electron chi connectivity index (χ4n) is 2.27. The summed E-state index contributed by atoms with van der Waals surface area (Å²) in [5.74, 6) is 0.605. The highest BCUT2D eigenvalue weighted by molar-refractivity contribution is 6.04. The van der Waals surface area contributed by atoms with Crippen LogP contribution in [-0.2, 0) is 6.54 Å². The van der Waals surface area contributed by atoms with Crippen molar-refractivity contribution in [3.8, 4) is 5.75 Å². The maximum absolute atomic E-state index is 12.3. The fraction of sp³-hybridized carbons (Fsp3) is 0.167. The molecule has 2 aromatic carbocycles. The number of carbonyl (C=O) groups is 1. The zero-order chi connectivity index (χ0) is 16.8. The Kier molecular flexibility index (Phi) is 4.86. The van der Waals surface area contributed by atoms with Crippen molar-refractivity contribution in [1.29, 1.82) is 0 Å². The van der Waals surface area contributed by atoms with Gasteiger partial charge in [0.05, 0.1) is 13.2 Å². The topological polar surface area (TPSA) is 69.0 Å². The van der Waals surface area contributed by atoms with Crippen molar-refractivity contribution in [2.24, 2.45) is 0 Å². The van der Waals surface area contributed by atoms with Crippen LogP contribution >= 0.6 is 0 Å². The van der Waals surface area contributed by atoms with E-state index in [0.29, 0.717) is 18.7 Å². The average Bonchev–Trinajstić information content (AvgIpc) is 3.10. The van der Waals surface area contributed by atoms with Crippen molar-refractivity contribution in [3.05, 3.63) is 72.3 Å². The van der Waals surface area contributed by atoms with Gasteiger partial charge in [0, 0.05) is 11.3 Å². The summed E-state index contributed by atoms with van der Waals surface area (Å²) in [6.45, 7) is 3.17. The third kappa shape index (κ3) is 3.98. The summed E-state index contributed by atoms with van der Waals surface area (Å²) < 4.78 is 7.12. The summed E-state index contributed by atoms with van der Waals surface area (Å²) in [6.07, 6.45) is 3.17. The maximum atomic E-state index is 12.3. The Morgan fingerprint density at radius 2 is 1.88 bits per heavy atom. The number of hydrogen-bond donors (Lipinski definition) is 1. The van der Waals surface area contributed by atoms with E-state index in [4.69, 9.17) is 4.74 Å². The van der Waals surface area contributed by atoms with Crippen LogP contribution < -0.4 is 10.1 Å². The first-order chi connectivity index (χ1) is 11.7. The lowest BCUT2D eigenvalue weighted by Gasteiger charge is -2.08. The van der Waals surface area contributed by atoms with Gasteiger partial charge in [-0.05, 0) is 48.9 Å². The van der Waals surface area contributed by atoms with E-state index in [2.05, 4.69) is 15.4 Å². The van der Waals surface area contributed by atoms with E-state index in [-0.39, 0.29) is 5.91 Å². The summed E-state index contributed by atoms with van der Waals surface area (Å²) >= 11 is 0. The van der Waals surface area contributed by atoms with Crippen molar-refractivity contribution >= 4 is 11.6 Å². The Labute approximate surface area is 140 Å². The third-order valence-electron chi connectivity index (χ3n) is 3.45. The lowest BCUT2D eigenvalue weighted by Crippen LogP contribution is -2.11. The largest absolute Gasteiger partial charge is 0.494 e. The normalized spacial score (nSPS) is 10.4. The van der Waals surface area contributed by atoms with Crippen molar-refractivity contribution in [3.63, 3.8) is 0 Å². The molecule has 122 valence electrons. The van der Waals surface area contributed by atoms with Crippen molar-refractivity contribution in [2.75, 3.05) is 11.9 Å². The van der Waals surface area contributed by atoms with Gasteiger partial charge >= 0.3 is 0 Å². The number of amides is 1. The number of nitrogens with zero attached hydrogens (tertiary/aromatic N) is 3. The monoisotopic (exact) mass is 322 g/mol. The molecule has 6 nitrogen and oxygen atoms in total. The molecule has 0 aliphatic heterocycles. The summed E-state index contributed by atoms with van der Waals surface area (Å²) in [4.78, 5) is 16.2. The lowest BCUT2D eigenvalue weighted by atomic mass is 10.1. The van der Waals surface area contributed by atoms with Gasteiger partial charge in [0.2, 0.25) is 0 Å². The molecule has 0 aliphatic rings. The molecule has 1 N–H and O–H groups in total. The Balaban J connectivity index is 1.61. The predicted octanol–water partition coefficient (Wildman–Crippen LogP) is 2.98. The number of benzene rings is 2. The number of nitrogens with one attached hydrogen (secondary N) is 1. The van der Waals surface area contributed by atoms with Crippen LogP contribution in [0.1, 0.15) is 22.8 Å². The van der Waals surface area contributed by atoms with Crippen LogP contribution in [0, 0.1) is 0 Å². The quantitative estimate of drug-likeness (QED) is 0.757. The minimum Gasteiger partial charge on any atom is -0.494 e. The molecule has 0 fully saturated rings. The van der Waals surface area contributed by atoms with Crippen LogP contribution in [0.3, 0.4) is 0 Å². The van der Waals surface area contributed by atoms with Crippen molar-refractivity contribution < 1.29 is 9.53 Å². The number of hydrogen-bond acceptors (Lipinski definition) is 4. The average molecular weight is 322 g/mol. The van der Waals surface area contributed by atoms with E-state index in [0.717, 1.165) is 17.0 Å². The molecule has 0 atom stereocenters. The van der Waals surface area contributed by atoms with E-state index in [1.165, 1.54) is 6.33 Å². The number of aromatic nitrogens is 3. The first-order valence-electron chi connectivity index (χ1n) is 7.70. The minimum atomic E-state index is -0.151. The SMILES string of the molecule is CCOc1ccc(C(=O)Nc2ccc(Cn3cncn3)cc2)cc1. The van der Waals surface area contributed by atoms with Crippen molar-refractivity contribution in [1.82, 2.24) is 14.8 Å². The van der Waals surface area contributed by atoms with E-state index >= 15 is 0 Å². The van der Waals surface area contributed by atoms with Crippen LogP contribution in [0.4, 0.5) is 5.69 Å². The molecule has 1 amide bonds. The lowest BCUT2D eigenvalue weighted by molar-refractivity contribution is 0.102. The summed E-state index contributed by atoms with van der Waals surface area (Å²) in [5, 5.41) is 6.95. The minimum absolute atomic E-state index is 0.151. The second-order valence-electron chi connectivity index (χ2n) is 5.20. The molecule has 0 spiro atoms. The molecule has 0 aliphatic carbocycles. The Morgan fingerprint density at radius 1 is 1.12 bits per heavy atom. The highest BCUT2D eigenvalue weighted by Gasteiger charge is 2.06. The Morgan fingerprint density at radius 3 is 2.50 bits per heavy atom. The van der Waals surface area contributed by atoms with Gasteiger partial charge in [-0.15, -0.1) is 0 Å². The second kappa shape index (κ2) is 7.41. The smallest absolute Gasteiger partial charge is 0.255 e. The zero-order valence-corrected chi connectivity index (χ0v) is 13.3. The third-order valence-corrected chi connectivity index (χ3v) is 3.45. The molecule has 0 saturated heterocycles. The molecule has 0 saturated carbocycles. The highest BCUT2D eigenvalue weighted by atomic mass is 16.5. The standard InChI is InChI=1S/C18H18N4O2/c1-2-24-17-9-5-15(6-10-17)18(23)21-16-7-3-14(4-8-16)11-22-13-19-12-20-22/h3-10,12-13H,2,11H2,1H3,(H,21,23). The first kappa shape index (κ1) is 15.7. The van der Waals surface area contributed by atoms with Gasteiger partial charge in [0.1, 0.15) is 18.4 Å². The van der Waals surface area contributed by atoms with E-state index in [9.17, 15) is 4.79 Å². The van der Waals surface area contributed by atoms with Crippen molar-refractivity contribution in [2.45, 2.75) is 13.5 Å². The Bertz CT molecular complexity index is 781. The highest BCUT2D eigenvalue weighted by Crippen LogP contribution is 2.15. The van der Waals surface area contributed by atoms with Gasteiger partial charge in [0.25, 0.3) is 5.91 Å². The molecule has 1 heterocycles. The zero-order valence-electron chi connectivity index (χ0n) is 13.3. The molecule has 24 heavy (non-hydrogen) atoms. The van der Waals surface area contributed by atoms with E-state index in [1.807, 2.05) is 31.2 Å². The van der Waals surface area contributed by atoms with E-state index in [1.54, 1.807) is 35.3 Å². The number of ether oxygens (including phenoxy) is 1. The van der Waals surface area contributed by atoms with Gasteiger partial charge in [-0.25, -0.2) is 9.67 Å². The molecule has 6 heteroatoms. The number of anilines is 1. The van der Waals surface area contributed by atoms with Crippen LogP contribution in [0.5, 0.6) is 5.75 Å². The van der Waals surface area contributed by atoms with Crippen LogP contribution in [-0.4, -0.2) is 27.3 Å². The van der Waals surface area contributed by atoms with Crippen LogP contribution in [0.15, 0.2) is 61.2 Å². The predicted molar refractivity (Wildman–Crippen MR) is 91.1 cm³/mol. The molecule has 1 aromatic heterocycles. The Hall–Kier alpha value is -3.15. The number of carbonyl (C=O) groups excluding carboxylic acids is 1. The fourth-order valence-corrected chi connectivity index (χ4v) is 2.27. The molecule has 3 aromatic rings. The molecule has 3 rings (SSSR count). The molecular formula is C18H18N4O2. The van der Waals surface area contributed by atoms with Crippen LogP contribution in [0.25, 0.3) is 0 Å². The molecular weight excluding hydrogens is 304 g/mol. The van der Waals surface area contributed by atoms with Crippen LogP contribution in [0.2, 0.25) is 0 Å². The molecule has 0 bridgehead atoms. The van der Waals surface area contributed by atoms with Gasteiger partial charge in [0.15, 0.2) is 0 Å². The molecule has 0 unspecified atom stereocenters. The maximum Gasteiger partial charge on any atom is 0.255 e. The first-order valence-corrected chi connectivity index (χ1v) is 7.70.